The molecule has 1 saturated heterocycles. The highest BCUT2D eigenvalue weighted by molar-refractivity contribution is 7.89. The fourth-order valence-electron chi connectivity index (χ4n) is 2.54. The van der Waals surface area contributed by atoms with Crippen LogP contribution in [-0.2, 0) is 10.0 Å². The predicted molar refractivity (Wildman–Crippen MR) is 78.5 cm³/mol. The normalized spacial score (nSPS) is 20.2. The van der Waals surface area contributed by atoms with Crippen LogP contribution in [-0.4, -0.2) is 46.6 Å². The highest BCUT2D eigenvalue weighted by Crippen LogP contribution is 2.18. The van der Waals surface area contributed by atoms with E-state index in [0.29, 0.717) is 18.3 Å². The molecular weight excluding hydrogens is 276 g/mol. The van der Waals surface area contributed by atoms with Gasteiger partial charge in [0.25, 0.3) is 0 Å². The third-order valence-corrected chi connectivity index (χ3v) is 5.29. The van der Waals surface area contributed by atoms with Gasteiger partial charge in [-0.3, -0.25) is 0 Å². The van der Waals surface area contributed by atoms with Crippen LogP contribution in [0.4, 0.5) is 0 Å². The van der Waals surface area contributed by atoms with E-state index in [-0.39, 0.29) is 4.90 Å². The lowest BCUT2D eigenvalue weighted by atomic mass is 10.1. The fraction of sp³-hybridized carbons (Fsp3) is 0.571. The van der Waals surface area contributed by atoms with Crippen LogP contribution in [0.25, 0.3) is 0 Å². The van der Waals surface area contributed by atoms with E-state index in [1.54, 1.807) is 31.4 Å². The molecule has 0 aromatic heterocycles. The van der Waals surface area contributed by atoms with Gasteiger partial charge in [0.1, 0.15) is 5.75 Å². The summed E-state index contributed by atoms with van der Waals surface area (Å²) >= 11 is 0. The zero-order valence-electron chi connectivity index (χ0n) is 12.0. The van der Waals surface area contributed by atoms with Gasteiger partial charge >= 0.3 is 0 Å². The topological polar surface area (TPSA) is 58.6 Å². The van der Waals surface area contributed by atoms with Crippen molar-refractivity contribution in [2.75, 3.05) is 27.2 Å². The molecule has 1 atom stereocenters. The van der Waals surface area contributed by atoms with Crippen molar-refractivity contribution >= 4 is 10.0 Å². The fourth-order valence-corrected chi connectivity index (χ4v) is 3.59. The standard InChI is InChI=1S/C14H22N2O3S/c1-16-11-3-4-12(16)9-10-15-20(17,18)14-7-5-13(19-2)6-8-14/h5-8,12,15H,3-4,9-11H2,1-2H3. The molecule has 0 spiro atoms. The first-order valence-corrected chi connectivity index (χ1v) is 8.35. The van der Waals surface area contributed by atoms with Gasteiger partial charge in [-0.05, 0) is 57.1 Å². The van der Waals surface area contributed by atoms with E-state index in [4.69, 9.17) is 4.74 Å². The number of ether oxygens (including phenoxy) is 1. The van der Waals surface area contributed by atoms with Gasteiger partial charge in [-0.1, -0.05) is 0 Å². The van der Waals surface area contributed by atoms with Gasteiger partial charge in [-0.2, -0.15) is 0 Å². The molecule has 1 fully saturated rings. The molecule has 1 aromatic carbocycles. The van der Waals surface area contributed by atoms with Gasteiger partial charge in [0.2, 0.25) is 10.0 Å². The summed E-state index contributed by atoms with van der Waals surface area (Å²) in [5.41, 5.74) is 0. The average Bonchev–Trinajstić information content (AvgIpc) is 2.84. The molecule has 1 unspecified atom stereocenters. The quantitative estimate of drug-likeness (QED) is 0.864. The predicted octanol–water partition coefficient (Wildman–Crippen LogP) is 1.46. The van der Waals surface area contributed by atoms with E-state index >= 15 is 0 Å². The smallest absolute Gasteiger partial charge is 0.240 e. The number of hydrogen-bond donors (Lipinski definition) is 1. The van der Waals surface area contributed by atoms with Crippen molar-refractivity contribution in [3.05, 3.63) is 24.3 Å². The Morgan fingerprint density at radius 3 is 2.60 bits per heavy atom. The molecular formula is C14H22N2O3S. The van der Waals surface area contributed by atoms with Crippen molar-refractivity contribution in [3.63, 3.8) is 0 Å². The van der Waals surface area contributed by atoms with Gasteiger partial charge in [0.05, 0.1) is 12.0 Å². The van der Waals surface area contributed by atoms with Gasteiger partial charge in [-0.15, -0.1) is 0 Å². The lowest BCUT2D eigenvalue weighted by Gasteiger charge is -2.19. The lowest BCUT2D eigenvalue weighted by Crippen LogP contribution is -2.31. The van der Waals surface area contributed by atoms with E-state index in [1.807, 2.05) is 0 Å². The Labute approximate surface area is 121 Å². The van der Waals surface area contributed by atoms with E-state index in [0.717, 1.165) is 19.4 Å². The van der Waals surface area contributed by atoms with Crippen LogP contribution in [0.1, 0.15) is 19.3 Å². The molecule has 1 aliphatic rings. The minimum Gasteiger partial charge on any atom is -0.497 e. The maximum Gasteiger partial charge on any atom is 0.240 e. The van der Waals surface area contributed by atoms with Crippen LogP contribution in [0.15, 0.2) is 29.2 Å². The zero-order valence-corrected chi connectivity index (χ0v) is 12.8. The molecule has 0 bridgehead atoms. The molecule has 1 aromatic rings. The van der Waals surface area contributed by atoms with Gasteiger partial charge in [0.15, 0.2) is 0 Å². The van der Waals surface area contributed by atoms with Crippen LogP contribution in [0.5, 0.6) is 5.75 Å². The summed E-state index contributed by atoms with van der Waals surface area (Å²) in [7, 11) is 0.230. The van der Waals surface area contributed by atoms with Crippen LogP contribution >= 0.6 is 0 Å². The summed E-state index contributed by atoms with van der Waals surface area (Å²) in [5, 5.41) is 0. The second-order valence-electron chi connectivity index (χ2n) is 5.14. The minimum atomic E-state index is -3.42. The summed E-state index contributed by atoms with van der Waals surface area (Å²) < 4.78 is 31.9. The van der Waals surface area contributed by atoms with Crippen LogP contribution in [0.2, 0.25) is 0 Å². The molecule has 0 saturated carbocycles. The molecule has 112 valence electrons. The maximum atomic E-state index is 12.1. The average molecular weight is 298 g/mol. The molecule has 6 heteroatoms. The zero-order chi connectivity index (χ0) is 14.6. The summed E-state index contributed by atoms with van der Waals surface area (Å²) in [4.78, 5) is 2.57. The van der Waals surface area contributed by atoms with E-state index in [1.165, 1.54) is 6.42 Å². The number of hydrogen-bond acceptors (Lipinski definition) is 4. The Balaban J connectivity index is 1.89. The first-order chi connectivity index (χ1) is 9.53. The number of rotatable bonds is 6. The summed E-state index contributed by atoms with van der Waals surface area (Å²) in [6.45, 7) is 1.58. The van der Waals surface area contributed by atoms with E-state index in [2.05, 4.69) is 16.7 Å². The third kappa shape index (κ3) is 3.71. The van der Waals surface area contributed by atoms with Crippen molar-refractivity contribution < 1.29 is 13.2 Å². The number of sulfonamides is 1. The molecule has 0 radical (unpaired) electrons. The number of nitrogens with one attached hydrogen (secondary N) is 1. The largest absolute Gasteiger partial charge is 0.497 e. The number of likely N-dealkylation sites (tertiary alicyclic amines) is 1. The SMILES string of the molecule is COc1ccc(S(=O)(=O)NCCC2CCCN2C)cc1. The van der Waals surface area contributed by atoms with Crippen LogP contribution in [0.3, 0.4) is 0 Å². The Morgan fingerprint density at radius 2 is 2.05 bits per heavy atom. The van der Waals surface area contributed by atoms with Crippen molar-refractivity contribution in [1.29, 1.82) is 0 Å². The van der Waals surface area contributed by atoms with Crippen molar-refractivity contribution in [2.45, 2.75) is 30.2 Å². The second-order valence-corrected chi connectivity index (χ2v) is 6.91. The molecule has 20 heavy (non-hydrogen) atoms. The van der Waals surface area contributed by atoms with E-state index < -0.39 is 10.0 Å². The van der Waals surface area contributed by atoms with Gasteiger partial charge in [0, 0.05) is 12.6 Å². The van der Waals surface area contributed by atoms with Gasteiger partial charge in [-0.25, -0.2) is 13.1 Å². The van der Waals surface area contributed by atoms with Crippen LogP contribution < -0.4 is 9.46 Å². The second kappa shape index (κ2) is 6.56. The first kappa shape index (κ1) is 15.3. The van der Waals surface area contributed by atoms with Crippen molar-refractivity contribution in [2.24, 2.45) is 0 Å². The Bertz CT molecular complexity index is 528. The first-order valence-electron chi connectivity index (χ1n) is 6.87. The van der Waals surface area contributed by atoms with Crippen molar-refractivity contribution in [1.82, 2.24) is 9.62 Å². The van der Waals surface area contributed by atoms with E-state index in [9.17, 15) is 8.42 Å². The van der Waals surface area contributed by atoms with Gasteiger partial charge < -0.3 is 9.64 Å². The number of methoxy groups -OCH3 is 1. The Kier molecular flexibility index (Phi) is 5.01. The molecule has 1 aliphatic heterocycles. The molecule has 0 amide bonds. The highest BCUT2D eigenvalue weighted by Gasteiger charge is 2.21. The molecule has 2 rings (SSSR count). The number of benzene rings is 1. The van der Waals surface area contributed by atoms with Crippen molar-refractivity contribution in [3.8, 4) is 5.75 Å². The molecule has 1 heterocycles. The lowest BCUT2D eigenvalue weighted by molar-refractivity contribution is 0.297. The monoisotopic (exact) mass is 298 g/mol. The highest BCUT2D eigenvalue weighted by atomic mass is 32.2. The Morgan fingerprint density at radius 1 is 1.35 bits per heavy atom. The number of nitrogens with zero attached hydrogens (tertiary/aromatic N) is 1. The summed E-state index contributed by atoms with van der Waals surface area (Å²) in [5.74, 6) is 0.650. The Hall–Kier alpha value is -1.11. The minimum absolute atomic E-state index is 0.276. The summed E-state index contributed by atoms with van der Waals surface area (Å²) in [6, 6.07) is 6.92. The molecule has 0 aliphatic carbocycles. The third-order valence-electron chi connectivity index (χ3n) is 3.81. The molecule has 5 nitrogen and oxygen atoms in total. The maximum absolute atomic E-state index is 12.1. The summed E-state index contributed by atoms with van der Waals surface area (Å²) in [6.07, 6.45) is 3.21. The molecule has 1 N–H and O–H groups in total. The van der Waals surface area contributed by atoms with Crippen LogP contribution in [0, 0.1) is 0 Å².